The molecule has 9 atom stereocenters. The van der Waals surface area contributed by atoms with Gasteiger partial charge in [0.05, 0.1) is 12.2 Å². The molecule has 0 spiro atoms. The maximum atomic E-state index is 10.5. The summed E-state index contributed by atoms with van der Waals surface area (Å²) in [5.41, 5.74) is 0.430. The SMILES string of the molecule is C[C@]12C[C@H](CO)[C@H](O)C[C@@H]1CC[C@@H]1[C@@H]2CC[C@]2(C)[C@H](O)CC[C@@H]12. The summed E-state index contributed by atoms with van der Waals surface area (Å²) in [6, 6.07) is 0. The average molecular weight is 322 g/mol. The van der Waals surface area contributed by atoms with Crippen molar-refractivity contribution < 1.29 is 15.3 Å². The Morgan fingerprint density at radius 1 is 0.913 bits per heavy atom. The summed E-state index contributed by atoms with van der Waals surface area (Å²) in [5.74, 6) is 2.86. The maximum absolute atomic E-state index is 10.5. The number of hydrogen-bond donors (Lipinski definition) is 3. The first-order chi connectivity index (χ1) is 10.9. The summed E-state index contributed by atoms with van der Waals surface area (Å²) >= 11 is 0. The van der Waals surface area contributed by atoms with Gasteiger partial charge in [-0.1, -0.05) is 13.8 Å². The van der Waals surface area contributed by atoms with Crippen LogP contribution >= 0.6 is 0 Å². The highest BCUT2D eigenvalue weighted by atomic mass is 16.3. The highest BCUT2D eigenvalue weighted by molar-refractivity contribution is 5.10. The minimum absolute atomic E-state index is 0.0671. The number of rotatable bonds is 1. The molecule has 0 amide bonds. The van der Waals surface area contributed by atoms with Gasteiger partial charge < -0.3 is 15.3 Å². The molecule has 0 aliphatic heterocycles. The van der Waals surface area contributed by atoms with E-state index in [2.05, 4.69) is 13.8 Å². The smallest absolute Gasteiger partial charge is 0.0596 e. The Morgan fingerprint density at radius 2 is 1.65 bits per heavy atom. The summed E-state index contributed by atoms with van der Waals surface area (Å²) < 4.78 is 0. The molecule has 4 aliphatic carbocycles. The van der Waals surface area contributed by atoms with Gasteiger partial charge in [-0.2, -0.15) is 0 Å². The fourth-order valence-electron chi connectivity index (χ4n) is 7.58. The molecule has 3 N–H and O–H groups in total. The molecule has 4 rings (SSSR count). The Balaban J connectivity index is 1.62. The summed E-state index contributed by atoms with van der Waals surface area (Å²) in [5, 5.41) is 30.6. The molecule has 0 aromatic heterocycles. The van der Waals surface area contributed by atoms with Crippen LogP contribution in [-0.2, 0) is 0 Å². The highest BCUT2D eigenvalue weighted by Crippen LogP contribution is 2.66. The van der Waals surface area contributed by atoms with Crippen LogP contribution < -0.4 is 0 Å². The van der Waals surface area contributed by atoms with Crippen LogP contribution in [0.5, 0.6) is 0 Å². The molecule has 0 unspecified atom stereocenters. The van der Waals surface area contributed by atoms with Gasteiger partial charge in [0.15, 0.2) is 0 Å². The number of aliphatic hydroxyl groups is 3. The third kappa shape index (κ3) is 2.19. The quantitative estimate of drug-likeness (QED) is 0.695. The molecule has 4 aliphatic rings. The van der Waals surface area contributed by atoms with Gasteiger partial charge in [0, 0.05) is 12.5 Å². The largest absolute Gasteiger partial charge is 0.396 e. The van der Waals surface area contributed by atoms with Gasteiger partial charge in [-0.3, -0.25) is 0 Å². The monoisotopic (exact) mass is 322 g/mol. The lowest BCUT2D eigenvalue weighted by atomic mass is 9.44. The van der Waals surface area contributed by atoms with E-state index in [1.165, 1.54) is 25.7 Å². The van der Waals surface area contributed by atoms with Gasteiger partial charge in [-0.25, -0.2) is 0 Å². The molecule has 0 saturated heterocycles. The predicted octanol–water partition coefficient (Wildman–Crippen LogP) is 2.97. The molecule has 0 heterocycles. The highest BCUT2D eigenvalue weighted by Gasteiger charge is 2.60. The van der Waals surface area contributed by atoms with Crippen LogP contribution in [0.2, 0.25) is 0 Å². The van der Waals surface area contributed by atoms with Gasteiger partial charge in [0.1, 0.15) is 0 Å². The molecule has 0 bridgehead atoms. The summed E-state index contributed by atoms with van der Waals surface area (Å²) in [6.07, 6.45) is 8.56. The van der Waals surface area contributed by atoms with E-state index >= 15 is 0 Å². The molecule has 4 saturated carbocycles. The van der Waals surface area contributed by atoms with Crippen molar-refractivity contribution in [2.75, 3.05) is 6.61 Å². The van der Waals surface area contributed by atoms with Crippen LogP contribution in [0.1, 0.15) is 65.2 Å². The van der Waals surface area contributed by atoms with E-state index in [0.29, 0.717) is 11.8 Å². The van der Waals surface area contributed by atoms with Gasteiger partial charge in [-0.05, 0) is 85.9 Å². The first-order valence-electron chi connectivity index (χ1n) is 9.87. The van der Waals surface area contributed by atoms with Crippen molar-refractivity contribution in [1.29, 1.82) is 0 Å². The summed E-state index contributed by atoms with van der Waals surface area (Å²) in [7, 11) is 0. The molecule has 3 heteroatoms. The molecule has 4 fully saturated rings. The number of hydrogen-bond acceptors (Lipinski definition) is 3. The standard InChI is InChI=1S/C20H34O3/c1-19-8-7-16-14(15(19)5-6-18(19)23)4-3-13-9-17(22)12(11-21)10-20(13,16)2/h12-18,21-23H,3-11H2,1-2H3/t12-,13+,14+,15+,16+,17-,18-,19+,20+/m1/s1. The lowest BCUT2D eigenvalue weighted by Gasteiger charge is -2.61. The second-order valence-corrected chi connectivity index (χ2v) is 9.74. The molecule has 23 heavy (non-hydrogen) atoms. The minimum Gasteiger partial charge on any atom is -0.396 e. The second kappa shape index (κ2) is 5.44. The van der Waals surface area contributed by atoms with Crippen molar-refractivity contribution >= 4 is 0 Å². The Morgan fingerprint density at radius 3 is 2.39 bits per heavy atom. The maximum Gasteiger partial charge on any atom is 0.0596 e. The Kier molecular flexibility index (Phi) is 3.87. The van der Waals surface area contributed by atoms with Crippen LogP contribution in [0, 0.1) is 40.4 Å². The van der Waals surface area contributed by atoms with E-state index < -0.39 is 0 Å². The van der Waals surface area contributed by atoms with Gasteiger partial charge in [0.2, 0.25) is 0 Å². The zero-order valence-corrected chi connectivity index (χ0v) is 14.7. The predicted molar refractivity (Wildman–Crippen MR) is 89.7 cm³/mol. The lowest BCUT2D eigenvalue weighted by molar-refractivity contribution is -0.152. The Labute approximate surface area is 140 Å². The molecular weight excluding hydrogens is 288 g/mol. The molecule has 0 radical (unpaired) electrons. The summed E-state index contributed by atoms with van der Waals surface area (Å²) in [6.45, 7) is 4.92. The van der Waals surface area contributed by atoms with E-state index in [9.17, 15) is 15.3 Å². The minimum atomic E-state index is -0.309. The summed E-state index contributed by atoms with van der Waals surface area (Å²) in [4.78, 5) is 0. The van der Waals surface area contributed by atoms with E-state index in [0.717, 1.165) is 37.5 Å². The number of fused-ring (bicyclic) bond motifs is 5. The third-order valence-electron chi connectivity index (χ3n) is 9.02. The van der Waals surface area contributed by atoms with Crippen molar-refractivity contribution in [3.63, 3.8) is 0 Å². The lowest BCUT2D eigenvalue weighted by Crippen LogP contribution is -2.56. The van der Waals surface area contributed by atoms with E-state index in [1.54, 1.807) is 0 Å². The van der Waals surface area contributed by atoms with E-state index in [1.807, 2.05) is 0 Å². The molecule has 0 aromatic rings. The fourth-order valence-corrected chi connectivity index (χ4v) is 7.58. The van der Waals surface area contributed by atoms with Crippen LogP contribution in [0.3, 0.4) is 0 Å². The first kappa shape index (κ1) is 16.4. The van der Waals surface area contributed by atoms with Crippen LogP contribution in [0.15, 0.2) is 0 Å². The zero-order chi connectivity index (χ0) is 16.4. The second-order valence-electron chi connectivity index (χ2n) is 9.74. The average Bonchev–Trinajstić information content (AvgIpc) is 2.83. The zero-order valence-electron chi connectivity index (χ0n) is 14.7. The van der Waals surface area contributed by atoms with Crippen LogP contribution in [0.25, 0.3) is 0 Å². The number of aliphatic hydroxyl groups excluding tert-OH is 3. The van der Waals surface area contributed by atoms with Crippen molar-refractivity contribution in [1.82, 2.24) is 0 Å². The van der Waals surface area contributed by atoms with Crippen molar-refractivity contribution in [3.8, 4) is 0 Å². The van der Waals surface area contributed by atoms with Crippen LogP contribution in [0.4, 0.5) is 0 Å². The van der Waals surface area contributed by atoms with E-state index in [-0.39, 0.29) is 35.6 Å². The van der Waals surface area contributed by atoms with Gasteiger partial charge in [-0.15, -0.1) is 0 Å². The molecule has 132 valence electrons. The first-order valence-corrected chi connectivity index (χ1v) is 9.87. The molecule has 0 aromatic carbocycles. The Hall–Kier alpha value is -0.120. The molecular formula is C20H34O3. The molecule has 3 nitrogen and oxygen atoms in total. The van der Waals surface area contributed by atoms with Gasteiger partial charge >= 0.3 is 0 Å². The van der Waals surface area contributed by atoms with Crippen LogP contribution in [-0.4, -0.2) is 34.1 Å². The van der Waals surface area contributed by atoms with E-state index in [4.69, 9.17) is 0 Å². The fraction of sp³-hybridized carbons (Fsp3) is 1.00. The van der Waals surface area contributed by atoms with Gasteiger partial charge in [0.25, 0.3) is 0 Å². The third-order valence-corrected chi connectivity index (χ3v) is 9.02. The Bertz CT molecular complexity index is 466. The van der Waals surface area contributed by atoms with Crippen molar-refractivity contribution in [3.05, 3.63) is 0 Å². The normalized spacial score (nSPS) is 59.1. The topological polar surface area (TPSA) is 60.7 Å². The van der Waals surface area contributed by atoms with Crippen molar-refractivity contribution in [2.45, 2.75) is 77.4 Å². The van der Waals surface area contributed by atoms with Crippen molar-refractivity contribution in [2.24, 2.45) is 40.4 Å².